The molecule has 14 heteroatoms. The highest BCUT2D eigenvalue weighted by atomic mass is 16.7. The van der Waals surface area contributed by atoms with Crippen molar-refractivity contribution in [2.24, 2.45) is 11.8 Å². The van der Waals surface area contributed by atoms with E-state index >= 15 is 0 Å². The number of nitrogens with zero attached hydrogens (tertiary/aromatic N) is 1. The highest BCUT2D eigenvalue weighted by molar-refractivity contribution is 5.71. The summed E-state index contributed by atoms with van der Waals surface area (Å²) in [6.07, 6.45) is 34.8. The number of carbonyl (C=O) groups is 5. The molecule has 0 aliphatic carbocycles. The molecule has 1 saturated heterocycles. The Balaban J connectivity index is 2.82. The fourth-order valence-corrected chi connectivity index (χ4v) is 9.60. The van der Waals surface area contributed by atoms with Crippen LogP contribution in [0.4, 0.5) is 4.79 Å². The van der Waals surface area contributed by atoms with E-state index in [4.69, 9.17) is 33.2 Å². The minimum absolute atomic E-state index is 0.0335. The van der Waals surface area contributed by atoms with Gasteiger partial charge in [0.15, 0.2) is 6.29 Å². The minimum atomic E-state index is -0.611. The number of unbranched alkanes of at least 4 members (excludes halogenated alkanes) is 20. The van der Waals surface area contributed by atoms with Gasteiger partial charge in [-0.3, -0.25) is 19.2 Å². The van der Waals surface area contributed by atoms with E-state index in [0.717, 1.165) is 77.4 Å². The van der Waals surface area contributed by atoms with Crippen molar-refractivity contribution < 1.29 is 57.1 Å². The molecule has 1 aliphatic rings. The Labute approximate surface area is 464 Å². The van der Waals surface area contributed by atoms with Crippen molar-refractivity contribution in [1.29, 1.82) is 0 Å². The van der Waals surface area contributed by atoms with Gasteiger partial charge in [-0.2, -0.15) is 0 Å². The van der Waals surface area contributed by atoms with Gasteiger partial charge in [0.05, 0.1) is 18.9 Å². The van der Waals surface area contributed by atoms with Crippen LogP contribution in [0.2, 0.25) is 0 Å². The summed E-state index contributed by atoms with van der Waals surface area (Å²) in [6.45, 7) is 15.6. The average molecular weight is 1080 g/mol. The normalized spacial score (nSPS) is 13.5. The van der Waals surface area contributed by atoms with Crippen molar-refractivity contribution in [3.63, 3.8) is 0 Å². The number of esters is 4. The zero-order valence-corrected chi connectivity index (χ0v) is 49.6. The topological polar surface area (TPSA) is 165 Å². The van der Waals surface area contributed by atoms with Crippen LogP contribution in [0.15, 0.2) is 0 Å². The van der Waals surface area contributed by atoms with Crippen molar-refractivity contribution in [2.45, 2.75) is 291 Å². The highest BCUT2D eigenvalue weighted by Gasteiger charge is 2.22. The van der Waals surface area contributed by atoms with Crippen LogP contribution in [-0.4, -0.2) is 113 Å². The second-order valence-corrected chi connectivity index (χ2v) is 21.8. The van der Waals surface area contributed by atoms with E-state index < -0.39 is 42.3 Å². The molecular weight excluding hydrogens is 965 g/mol. The molecule has 0 aromatic carbocycles. The number of amides is 1. The number of rotatable bonds is 55. The first-order valence-electron chi connectivity index (χ1n) is 31.7. The van der Waals surface area contributed by atoms with Crippen LogP contribution >= 0.6 is 0 Å². The van der Waals surface area contributed by atoms with Gasteiger partial charge in [0.1, 0.15) is 25.9 Å². The molecule has 0 radical (unpaired) electrons. The molecule has 0 aromatic heterocycles. The van der Waals surface area contributed by atoms with E-state index in [1.165, 1.54) is 128 Å². The van der Waals surface area contributed by atoms with E-state index in [2.05, 4.69) is 44.8 Å². The number of nitrogens with one attached hydrogen (secondary N) is 1. The molecule has 1 rings (SSSR count). The van der Waals surface area contributed by atoms with Crippen molar-refractivity contribution in [3.05, 3.63) is 0 Å². The molecule has 1 aliphatic heterocycles. The smallest absolute Gasteiger partial charge is 0.407 e. The van der Waals surface area contributed by atoms with Gasteiger partial charge in [-0.1, -0.05) is 182 Å². The fourth-order valence-electron chi connectivity index (χ4n) is 9.60. The Morgan fingerprint density at radius 3 is 1.33 bits per heavy atom. The minimum Gasteiger partial charge on any atom is -0.466 e. The molecule has 0 spiro atoms. The first kappa shape index (κ1) is 71.0. The fraction of sp³-hybridized carbons (Fsp3) is 0.919. The van der Waals surface area contributed by atoms with Crippen LogP contribution in [0.25, 0.3) is 0 Å². The Kier molecular flexibility index (Phi) is 49.3. The van der Waals surface area contributed by atoms with E-state index in [1.54, 1.807) is 0 Å². The molecule has 2 unspecified atom stereocenters. The summed E-state index contributed by atoms with van der Waals surface area (Å²) in [4.78, 5) is 67.2. The third-order valence-electron chi connectivity index (χ3n) is 14.6. The lowest BCUT2D eigenvalue weighted by Crippen LogP contribution is -2.35. The molecule has 0 bridgehead atoms. The first-order valence-corrected chi connectivity index (χ1v) is 31.7. The third-order valence-corrected chi connectivity index (χ3v) is 14.6. The van der Waals surface area contributed by atoms with Crippen LogP contribution in [0, 0.1) is 11.8 Å². The van der Waals surface area contributed by atoms with Crippen LogP contribution in [0.5, 0.6) is 0 Å². The van der Waals surface area contributed by atoms with E-state index in [0.29, 0.717) is 64.4 Å². The van der Waals surface area contributed by atoms with Gasteiger partial charge in [-0.25, -0.2) is 4.79 Å². The largest absolute Gasteiger partial charge is 0.466 e. The molecular formula is C62H116N2O12. The summed E-state index contributed by atoms with van der Waals surface area (Å²) < 4.78 is 40.8. The lowest BCUT2D eigenvalue weighted by Gasteiger charge is -2.21. The zero-order chi connectivity index (χ0) is 55.4. The van der Waals surface area contributed by atoms with Gasteiger partial charge in [0.2, 0.25) is 0 Å². The summed E-state index contributed by atoms with van der Waals surface area (Å²) in [5.74, 6) is -1.63. The van der Waals surface area contributed by atoms with Crippen LogP contribution < -0.4 is 5.32 Å². The molecule has 1 heterocycles. The third kappa shape index (κ3) is 45.0. The maximum Gasteiger partial charge on any atom is 0.407 e. The average Bonchev–Trinajstić information content (AvgIpc) is 3.94. The summed E-state index contributed by atoms with van der Waals surface area (Å²) in [5, 5.41) is 2.88. The lowest BCUT2D eigenvalue weighted by molar-refractivity contribution is -0.162. The predicted molar refractivity (Wildman–Crippen MR) is 305 cm³/mol. The molecule has 0 saturated carbocycles. The number of hydrogen-bond donors (Lipinski definition) is 1. The van der Waals surface area contributed by atoms with E-state index in [1.807, 2.05) is 0 Å². The summed E-state index contributed by atoms with van der Waals surface area (Å²) in [5.41, 5.74) is 0. The summed E-state index contributed by atoms with van der Waals surface area (Å²) >= 11 is 0. The van der Waals surface area contributed by atoms with E-state index in [-0.39, 0.29) is 51.5 Å². The highest BCUT2D eigenvalue weighted by Crippen LogP contribution is 2.22. The Bertz CT molecular complexity index is 1350. The van der Waals surface area contributed by atoms with Crippen LogP contribution in [0.1, 0.15) is 279 Å². The molecule has 1 N–H and O–H groups in total. The molecule has 0 aromatic rings. The van der Waals surface area contributed by atoms with Crippen LogP contribution in [-0.2, 0) is 52.3 Å². The van der Waals surface area contributed by atoms with Gasteiger partial charge in [0, 0.05) is 52.0 Å². The summed E-state index contributed by atoms with van der Waals surface area (Å²) in [6, 6.07) is 0. The van der Waals surface area contributed by atoms with Crippen LogP contribution in [0.3, 0.4) is 0 Å². The number of hydrogen-bond acceptors (Lipinski definition) is 13. The van der Waals surface area contributed by atoms with Crippen molar-refractivity contribution in [2.75, 3.05) is 65.8 Å². The van der Waals surface area contributed by atoms with Gasteiger partial charge in [0.25, 0.3) is 0 Å². The second kappa shape index (κ2) is 52.7. The molecule has 2 atom stereocenters. The first-order chi connectivity index (χ1) is 37.1. The van der Waals surface area contributed by atoms with Gasteiger partial charge < -0.3 is 43.4 Å². The zero-order valence-electron chi connectivity index (χ0n) is 49.6. The lowest BCUT2D eigenvalue weighted by atomic mass is 9.92. The monoisotopic (exact) mass is 1080 g/mol. The number of likely N-dealkylation sites (tertiary alicyclic amines) is 1. The van der Waals surface area contributed by atoms with Gasteiger partial charge in [-0.15, -0.1) is 0 Å². The number of ether oxygens (including phenoxy) is 7. The van der Waals surface area contributed by atoms with Crippen molar-refractivity contribution in [1.82, 2.24) is 10.2 Å². The Morgan fingerprint density at radius 1 is 0.408 bits per heavy atom. The molecule has 1 amide bonds. The maximum atomic E-state index is 13.2. The number of carbonyl (C=O) groups excluding carboxylic acids is 5. The SMILES string of the molecule is CCCCCCCCOC(CCC(=O)OCC(COC(=O)CCCCC(=O)OCCC(CCCCCC)CCCCCC)COC(=O)CCC(CCCCCC)OC(=O)NCCN1CCCC1)OCCCCCCCC. The van der Waals surface area contributed by atoms with Gasteiger partial charge in [-0.05, 0) is 83.2 Å². The summed E-state index contributed by atoms with van der Waals surface area (Å²) in [7, 11) is 0. The quantitative estimate of drug-likeness (QED) is 0.0265. The standard InChI is InChI=1S/C62H116N2O12/c1-6-11-16-21-23-32-48-71-61(72-49-33-24-22-17-12-7-2)42-41-60(68)75-53-55(52-74-59(67)40-39-56(36-27-20-15-10-5)76-62(69)63-44-47-64-45-30-31-46-64)51-73-58(66)38-29-28-37-57(65)70-50-43-54(34-25-18-13-8-3)35-26-19-14-9-4/h54-56,61H,6-53H2,1-5H3,(H,63,69). The Morgan fingerprint density at radius 2 is 0.829 bits per heavy atom. The maximum absolute atomic E-state index is 13.2. The molecule has 76 heavy (non-hydrogen) atoms. The second-order valence-electron chi connectivity index (χ2n) is 21.8. The predicted octanol–water partition coefficient (Wildman–Crippen LogP) is 15.1. The van der Waals surface area contributed by atoms with Gasteiger partial charge >= 0.3 is 30.0 Å². The molecule has 14 nitrogen and oxygen atoms in total. The van der Waals surface area contributed by atoms with Crippen molar-refractivity contribution >= 4 is 30.0 Å². The Hall–Kier alpha value is -2.97. The molecule has 1 fully saturated rings. The van der Waals surface area contributed by atoms with E-state index in [9.17, 15) is 24.0 Å². The molecule has 446 valence electrons. The number of alkyl carbamates (subject to hydrolysis) is 1. The van der Waals surface area contributed by atoms with Crippen molar-refractivity contribution in [3.8, 4) is 0 Å².